The molecule has 0 aromatic heterocycles. The van der Waals surface area contributed by atoms with Crippen LogP contribution in [-0.4, -0.2) is 23.4 Å². The van der Waals surface area contributed by atoms with E-state index in [9.17, 15) is 4.79 Å². The van der Waals surface area contributed by atoms with Gasteiger partial charge in [-0.3, -0.25) is 4.79 Å². The number of carbonyl (C=O) groups is 1. The van der Waals surface area contributed by atoms with Gasteiger partial charge in [-0.2, -0.15) is 0 Å². The summed E-state index contributed by atoms with van der Waals surface area (Å²) in [6, 6.07) is 7.77. The van der Waals surface area contributed by atoms with E-state index >= 15 is 0 Å². The van der Waals surface area contributed by atoms with E-state index in [2.05, 4.69) is 5.16 Å². The fourth-order valence-electron chi connectivity index (χ4n) is 4.51. The molecule has 2 fully saturated rings. The maximum atomic E-state index is 13.0. The quantitative estimate of drug-likeness (QED) is 0.636. The Bertz CT molecular complexity index is 611. The summed E-state index contributed by atoms with van der Waals surface area (Å²) >= 11 is 0. The first-order chi connectivity index (χ1) is 10.3. The average Bonchev–Trinajstić information content (AvgIpc) is 3.16. The molecule has 1 amide bonds. The Balaban J connectivity index is 1.65. The Kier molecular flexibility index (Phi) is 2.98. The number of amides is 1. The number of hydrogen-bond donors (Lipinski definition) is 1. The van der Waals surface area contributed by atoms with Gasteiger partial charge >= 0.3 is 0 Å². The number of nitrogens with zero attached hydrogens (tertiary/aromatic N) is 2. The first-order valence-electron chi connectivity index (χ1n) is 7.89. The van der Waals surface area contributed by atoms with E-state index in [4.69, 9.17) is 5.21 Å². The van der Waals surface area contributed by atoms with Crippen LogP contribution in [0.1, 0.15) is 37.7 Å². The lowest BCUT2D eigenvalue weighted by Gasteiger charge is -2.33. The van der Waals surface area contributed by atoms with Crippen molar-refractivity contribution in [3.8, 4) is 0 Å². The molecule has 4 rings (SSSR count). The largest absolute Gasteiger partial charge is 0.411 e. The third-order valence-electron chi connectivity index (χ3n) is 5.52. The third-order valence-corrected chi connectivity index (χ3v) is 5.52. The molecule has 4 heteroatoms. The van der Waals surface area contributed by atoms with Crippen LogP contribution in [0.5, 0.6) is 0 Å². The first-order valence-corrected chi connectivity index (χ1v) is 7.89. The molecular formula is C17H20N2O2. The Morgan fingerprint density at radius 3 is 2.81 bits per heavy atom. The van der Waals surface area contributed by atoms with Gasteiger partial charge in [-0.05, 0) is 37.2 Å². The molecule has 0 saturated heterocycles. The van der Waals surface area contributed by atoms with Crippen molar-refractivity contribution in [3.63, 3.8) is 0 Å². The van der Waals surface area contributed by atoms with Gasteiger partial charge in [0.2, 0.25) is 5.91 Å². The van der Waals surface area contributed by atoms with E-state index in [0.29, 0.717) is 24.6 Å². The van der Waals surface area contributed by atoms with Crippen LogP contribution in [0.15, 0.2) is 29.4 Å². The van der Waals surface area contributed by atoms with Gasteiger partial charge in [-0.1, -0.05) is 29.8 Å². The molecule has 1 heterocycles. The number of anilines is 1. The zero-order chi connectivity index (χ0) is 14.4. The molecule has 3 unspecified atom stereocenters. The van der Waals surface area contributed by atoms with Crippen LogP contribution in [0.4, 0.5) is 5.69 Å². The van der Waals surface area contributed by atoms with E-state index in [0.717, 1.165) is 23.6 Å². The van der Waals surface area contributed by atoms with Gasteiger partial charge in [0.25, 0.3) is 0 Å². The van der Waals surface area contributed by atoms with Crippen LogP contribution >= 0.6 is 0 Å². The molecule has 2 saturated carbocycles. The Morgan fingerprint density at radius 2 is 2.10 bits per heavy atom. The van der Waals surface area contributed by atoms with Crippen LogP contribution in [0.25, 0.3) is 0 Å². The molecule has 1 aromatic rings. The smallest absolute Gasteiger partial charge is 0.230 e. The summed E-state index contributed by atoms with van der Waals surface area (Å²) in [5, 5.41) is 12.5. The first kappa shape index (κ1) is 12.9. The summed E-state index contributed by atoms with van der Waals surface area (Å²) in [4.78, 5) is 14.9. The van der Waals surface area contributed by atoms with Crippen molar-refractivity contribution >= 4 is 17.3 Å². The highest BCUT2D eigenvalue weighted by atomic mass is 16.4. The lowest BCUT2D eigenvalue weighted by atomic mass is 9.86. The minimum Gasteiger partial charge on any atom is -0.411 e. The SMILES string of the molecule is O=C(C1CC2CCC1C2)N1CCC(=NO)c2ccccc21. The molecule has 3 aliphatic rings. The lowest BCUT2D eigenvalue weighted by Crippen LogP contribution is -2.42. The number of oxime groups is 1. The van der Waals surface area contributed by atoms with Gasteiger partial charge < -0.3 is 10.1 Å². The van der Waals surface area contributed by atoms with Gasteiger partial charge in [0.05, 0.1) is 11.4 Å². The standard InChI is InChI=1S/C17H20N2O2/c20-17(14-10-11-5-6-12(14)9-11)19-8-7-15(18-21)13-3-1-2-4-16(13)19/h1-4,11-12,14,21H,5-10H2. The molecule has 3 atom stereocenters. The van der Waals surface area contributed by atoms with Crippen molar-refractivity contribution in [3.05, 3.63) is 29.8 Å². The molecular weight excluding hydrogens is 264 g/mol. The molecule has 0 spiro atoms. The normalized spacial score (nSPS) is 32.5. The fourth-order valence-corrected chi connectivity index (χ4v) is 4.51. The zero-order valence-electron chi connectivity index (χ0n) is 12.0. The van der Waals surface area contributed by atoms with Crippen LogP contribution in [0.2, 0.25) is 0 Å². The minimum atomic E-state index is 0.212. The number of rotatable bonds is 1. The summed E-state index contributed by atoms with van der Waals surface area (Å²) in [6.45, 7) is 0.628. The summed E-state index contributed by atoms with van der Waals surface area (Å²) in [5.74, 6) is 1.87. The summed E-state index contributed by atoms with van der Waals surface area (Å²) < 4.78 is 0. The molecule has 1 aliphatic heterocycles. The summed E-state index contributed by atoms with van der Waals surface area (Å²) in [6.07, 6.45) is 5.48. The highest BCUT2D eigenvalue weighted by Gasteiger charge is 2.45. The van der Waals surface area contributed by atoms with Crippen molar-refractivity contribution in [1.29, 1.82) is 0 Å². The van der Waals surface area contributed by atoms with Gasteiger partial charge in [-0.15, -0.1) is 0 Å². The van der Waals surface area contributed by atoms with Crippen LogP contribution in [-0.2, 0) is 4.79 Å². The monoisotopic (exact) mass is 284 g/mol. The second kappa shape index (κ2) is 4.86. The lowest BCUT2D eigenvalue weighted by molar-refractivity contribution is -0.123. The Morgan fingerprint density at radius 1 is 1.24 bits per heavy atom. The highest BCUT2D eigenvalue weighted by Crippen LogP contribution is 2.49. The molecule has 2 aliphatic carbocycles. The molecule has 1 aromatic carbocycles. The number of benzene rings is 1. The molecule has 2 bridgehead atoms. The number of fused-ring (bicyclic) bond motifs is 3. The molecule has 1 N–H and O–H groups in total. The van der Waals surface area contributed by atoms with Gasteiger partial charge in [0, 0.05) is 24.4 Å². The molecule has 0 radical (unpaired) electrons. The van der Waals surface area contributed by atoms with Crippen LogP contribution in [0.3, 0.4) is 0 Å². The second-order valence-corrected chi connectivity index (χ2v) is 6.59. The van der Waals surface area contributed by atoms with Crippen LogP contribution in [0, 0.1) is 17.8 Å². The average molecular weight is 284 g/mol. The number of carbonyl (C=O) groups excluding carboxylic acids is 1. The highest BCUT2D eigenvalue weighted by molar-refractivity contribution is 6.11. The second-order valence-electron chi connectivity index (χ2n) is 6.59. The summed E-state index contributed by atoms with van der Waals surface area (Å²) in [7, 11) is 0. The Hall–Kier alpha value is -1.84. The van der Waals surface area contributed by atoms with E-state index in [1.54, 1.807) is 0 Å². The number of para-hydroxylation sites is 1. The maximum absolute atomic E-state index is 13.0. The van der Waals surface area contributed by atoms with Crippen molar-refractivity contribution in [2.75, 3.05) is 11.4 Å². The van der Waals surface area contributed by atoms with Crippen LogP contribution < -0.4 is 4.90 Å². The van der Waals surface area contributed by atoms with E-state index in [1.807, 2.05) is 29.2 Å². The van der Waals surface area contributed by atoms with Crippen molar-refractivity contribution in [2.24, 2.45) is 22.9 Å². The van der Waals surface area contributed by atoms with Crippen molar-refractivity contribution < 1.29 is 10.0 Å². The predicted octanol–water partition coefficient (Wildman–Crippen LogP) is 3.04. The minimum absolute atomic E-state index is 0.212. The molecule has 4 nitrogen and oxygen atoms in total. The van der Waals surface area contributed by atoms with Gasteiger partial charge in [0.15, 0.2) is 0 Å². The molecule has 21 heavy (non-hydrogen) atoms. The molecule has 110 valence electrons. The topological polar surface area (TPSA) is 52.9 Å². The van der Waals surface area contributed by atoms with E-state index in [-0.39, 0.29) is 11.8 Å². The van der Waals surface area contributed by atoms with Crippen molar-refractivity contribution in [2.45, 2.75) is 32.1 Å². The zero-order valence-corrected chi connectivity index (χ0v) is 12.0. The van der Waals surface area contributed by atoms with Crippen molar-refractivity contribution in [1.82, 2.24) is 0 Å². The predicted molar refractivity (Wildman–Crippen MR) is 80.7 cm³/mol. The van der Waals surface area contributed by atoms with Gasteiger partial charge in [-0.25, -0.2) is 0 Å². The Labute approximate surface area is 124 Å². The van der Waals surface area contributed by atoms with Gasteiger partial charge in [0.1, 0.15) is 0 Å². The van der Waals surface area contributed by atoms with E-state index < -0.39 is 0 Å². The number of hydrogen-bond acceptors (Lipinski definition) is 3. The maximum Gasteiger partial charge on any atom is 0.230 e. The third kappa shape index (κ3) is 1.96. The van der Waals surface area contributed by atoms with E-state index in [1.165, 1.54) is 19.3 Å². The summed E-state index contributed by atoms with van der Waals surface area (Å²) in [5.41, 5.74) is 2.48. The fraction of sp³-hybridized carbons (Fsp3) is 0.529.